The van der Waals surface area contributed by atoms with Gasteiger partial charge >= 0.3 is 5.97 Å². The van der Waals surface area contributed by atoms with Gasteiger partial charge in [-0.1, -0.05) is 0 Å². The number of likely N-dealkylation sites (N-methyl/N-ethyl adjacent to an activating group) is 1. The fraction of sp³-hybridized carbons (Fsp3) is 0.500. The predicted molar refractivity (Wildman–Crippen MR) is 63.5 cm³/mol. The lowest BCUT2D eigenvalue weighted by molar-refractivity contribution is -0.127. The van der Waals surface area contributed by atoms with E-state index in [1.54, 1.807) is 18.9 Å². The Bertz CT molecular complexity index is 471. The molecule has 0 radical (unpaired) electrons. The van der Waals surface area contributed by atoms with Crippen LogP contribution in [0.2, 0.25) is 0 Å². The van der Waals surface area contributed by atoms with E-state index in [9.17, 15) is 9.59 Å². The van der Waals surface area contributed by atoms with Gasteiger partial charge in [0.25, 0.3) is 0 Å². The molecule has 1 aromatic heterocycles. The van der Waals surface area contributed by atoms with Crippen LogP contribution in [0.1, 0.15) is 21.8 Å². The van der Waals surface area contributed by atoms with Crippen molar-refractivity contribution in [1.82, 2.24) is 9.88 Å². The van der Waals surface area contributed by atoms with Crippen LogP contribution in [0.3, 0.4) is 0 Å². The number of rotatable bonds is 3. The van der Waals surface area contributed by atoms with Gasteiger partial charge in [0.2, 0.25) is 5.91 Å². The third kappa shape index (κ3) is 2.23. The molecule has 2 heterocycles. The van der Waals surface area contributed by atoms with Gasteiger partial charge in [0.05, 0.1) is 0 Å². The molecule has 92 valence electrons. The summed E-state index contributed by atoms with van der Waals surface area (Å²) in [5.41, 5.74) is 0.0521. The number of carbonyl (C=O) groups is 2. The van der Waals surface area contributed by atoms with Crippen LogP contribution in [-0.2, 0) is 4.79 Å². The smallest absolute Gasteiger partial charge is 0.355 e. The Kier molecular flexibility index (Phi) is 3.01. The average molecular weight is 255 g/mol. The number of nitrogens with zero attached hydrogens (tertiary/aromatic N) is 2. The van der Waals surface area contributed by atoms with Gasteiger partial charge in [0, 0.05) is 18.5 Å². The van der Waals surface area contributed by atoms with Crippen molar-refractivity contribution in [2.24, 2.45) is 0 Å². The van der Waals surface area contributed by atoms with Crippen LogP contribution < -0.4 is 5.32 Å². The third-order valence-corrected chi connectivity index (χ3v) is 3.63. The van der Waals surface area contributed by atoms with Crippen molar-refractivity contribution in [3.05, 3.63) is 10.6 Å². The summed E-state index contributed by atoms with van der Waals surface area (Å²) in [4.78, 5) is 28.7. The maximum Gasteiger partial charge on any atom is 0.355 e. The largest absolute Gasteiger partial charge is 0.476 e. The maximum atomic E-state index is 11.7. The molecular weight excluding hydrogens is 242 g/mol. The molecule has 1 aromatic rings. The number of aromatic carboxylic acids is 1. The molecule has 0 aliphatic carbocycles. The van der Waals surface area contributed by atoms with Crippen molar-refractivity contribution in [2.45, 2.75) is 19.4 Å². The van der Waals surface area contributed by atoms with E-state index in [0.29, 0.717) is 16.6 Å². The first kappa shape index (κ1) is 11.8. The number of thiazole rings is 1. The van der Waals surface area contributed by atoms with Crippen molar-refractivity contribution < 1.29 is 14.7 Å². The molecule has 0 aromatic carbocycles. The summed E-state index contributed by atoms with van der Waals surface area (Å²) in [6, 6.07) is -0.285. The number of likely N-dealkylation sites (tertiary alicyclic amines) is 1. The van der Waals surface area contributed by atoms with Crippen LogP contribution >= 0.6 is 11.3 Å². The Balaban J connectivity index is 2.12. The Morgan fingerprint density at radius 1 is 1.65 bits per heavy atom. The lowest BCUT2D eigenvalue weighted by Gasteiger charge is -2.10. The summed E-state index contributed by atoms with van der Waals surface area (Å²) < 4.78 is 0. The highest BCUT2D eigenvalue weighted by Gasteiger charge is 2.29. The van der Waals surface area contributed by atoms with Crippen molar-refractivity contribution >= 4 is 28.3 Å². The maximum absolute atomic E-state index is 11.7. The van der Waals surface area contributed by atoms with E-state index < -0.39 is 5.97 Å². The van der Waals surface area contributed by atoms with Gasteiger partial charge in [0.1, 0.15) is 6.04 Å². The molecule has 0 saturated carbocycles. The molecule has 2 N–H and O–H groups in total. The SMILES string of the molecule is Cc1sc(NC2CCN(C)C2=O)nc1C(=O)O. The van der Waals surface area contributed by atoms with E-state index in [-0.39, 0.29) is 17.6 Å². The van der Waals surface area contributed by atoms with Crippen molar-refractivity contribution in [3.63, 3.8) is 0 Å². The minimum Gasteiger partial charge on any atom is -0.476 e. The number of amides is 1. The molecule has 1 aliphatic rings. The van der Waals surface area contributed by atoms with Crippen LogP contribution in [-0.4, -0.2) is 46.5 Å². The normalized spacial score (nSPS) is 19.8. The highest BCUT2D eigenvalue weighted by Crippen LogP contribution is 2.24. The fourth-order valence-corrected chi connectivity index (χ4v) is 2.62. The highest BCUT2D eigenvalue weighted by molar-refractivity contribution is 7.15. The quantitative estimate of drug-likeness (QED) is 0.834. The van der Waals surface area contributed by atoms with Crippen LogP contribution in [0.5, 0.6) is 0 Å². The zero-order chi connectivity index (χ0) is 12.6. The van der Waals surface area contributed by atoms with E-state index >= 15 is 0 Å². The van der Waals surface area contributed by atoms with Crippen molar-refractivity contribution in [3.8, 4) is 0 Å². The molecule has 6 nitrogen and oxygen atoms in total. The number of aryl methyl sites for hydroxylation is 1. The molecule has 1 fully saturated rings. The second-order valence-corrected chi connectivity index (χ2v) is 5.18. The molecule has 0 bridgehead atoms. The zero-order valence-electron chi connectivity index (χ0n) is 9.56. The van der Waals surface area contributed by atoms with Gasteiger partial charge in [-0.2, -0.15) is 0 Å². The molecule has 1 unspecified atom stereocenters. The number of hydrogen-bond acceptors (Lipinski definition) is 5. The van der Waals surface area contributed by atoms with Gasteiger partial charge in [-0.25, -0.2) is 9.78 Å². The Labute approximate surface area is 102 Å². The molecule has 7 heteroatoms. The van der Waals surface area contributed by atoms with Crippen LogP contribution in [0.4, 0.5) is 5.13 Å². The van der Waals surface area contributed by atoms with Crippen LogP contribution in [0, 0.1) is 6.92 Å². The van der Waals surface area contributed by atoms with Crippen LogP contribution in [0.25, 0.3) is 0 Å². The minimum atomic E-state index is -1.04. The van der Waals surface area contributed by atoms with Gasteiger partial charge in [-0.05, 0) is 13.3 Å². The first-order chi connectivity index (χ1) is 7.99. The summed E-state index contributed by atoms with van der Waals surface area (Å²) in [5.74, 6) is -1.02. The van der Waals surface area contributed by atoms with E-state index in [0.717, 1.165) is 6.42 Å². The predicted octanol–water partition coefficient (Wildman–Crippen LogP) is 0.792. The monoisotopic (exact) mass is 255 g/mol. The first-order valence-electron chi connectivity index (χ1n) is 5.21. The summed E-state index contributed by atoms with van der Waals surface area (Å²) in [6.45, 7) is 2.42. The molecule has 1 saturated heterocycles. The number of anilines is 1. The Morgan fingerprint density at radius 3 is 2.82 bits per heavy atom. The number of nitrogens with one attached hydrogen (secondary N) is 1. The molecule has 1 aliphatic heterocycles. The van der Waals surface area contributed by atoms with Gasteiger partial charge in [0.15, 0.2) is 10.8 Å². The third-order valence-electron chi connectivity index (χ3n) is 2.72. The minimum absolute atomic E-state index is 0.0229. The molecule has 2 rings (SSSR count). The number of carboxylic acids is 1. The summed E-state index contributed by atoms with van der Waals surface area (Å²) in [5, 5.41) is 12.4. The number of carboxylic acid groups (broad SMARTS) is 1. The van der Waals surface area contributed by atoms with E-state index in [2.05, 4.69) is 10.3 Å². The molecule has 17 heavy (non-hydrogen) atoms. The topological polar surface area (TPSA) is 82.5 Å². The van der Waals surface area contributed by atoms with E-state index in [1.807, 2.05) is 0 Å². The molecule has 1 atom stereocenters. The summed E-state index contributed by atoms with van der Waals surface area (Å²) in [6.07, 6.45) is 0.719. The zero-order valence-corrected chi connectivity index (χ0v) is 10.4. The van der Waals surface area contributed by atoms with Gasteiger partial charge in [-0.3, -0.25) is 4.79 Å². The first-order valence-corrected chi connectivity index (χ1v) is 6.03. The Morgan fingerprint density at radius 2 is 2.35 bits per heavy atom. The van der Waals surface area contributed by atoms with Crippen molar-refractivity contribution in [1.29, 1.82) is 0 Å². The van der Waals surface area contributed by atoms with Gasteiger partial charge < -0.3 is 15.3 Å². The lowest BCUT2D eigenvalue weighted by Crippen LogP contribution is -2.30. The van der Waals surface area contributed by atoms with E-state index in [1.165, 1.54) is 11.3 Å². The molecule has 1 amide bonds. The number of hydrogen-bond donors (Lipinski definition) is 2. The second-order valence-electron chi connectivity index (χ2n) is 3.97. The summed E-state index contributed by atoms with van der Waals surface area (Å²) in [7, 11) is 1.75. The lowest BCUT2D eigenvalue weighted by atomic mass is 10.2. The molecular formula is C10H13N3O3S. The van der Waals surface area contributed by atoms with Crippen LogP contribution in [0.15, 0.2) is 0 Å². The average Bonchev–Trinajstić information content (AvgIpc) is 2.76. The second kappa shape index (κ2) is 4.33. The fourth-order valence-electron chi connectivity index (χ4n) is 1.76. The van der Waals surface area contributed by atoms with Crippen molar-refractivity contribution in [2.75, 3.05) is 18.9 Å². The van der Waals surface area contributed by atoms with E-state index in [4.69, 9.17) is 5.11 Å². The van der Waals surface area contributed by atoms with Gasteiger partial charge in [-0.15, -0.1) is 11.3 Å². The highest BCUT2D eigenvalue weighted by atomic mass is 32.1. The number of carbonyl (C=O) groups excluding carboxylic acids is 1. The standard InChI is InChI=1S/C10H13N3O3S/c1-5-7(9(15)16)12-10(17-5)11-6-3-4-13(2)8(6)14/h6H,3-4H2,1-2H3,(H,11,12)(H,15,16). The Hall–Kier alpha value is -1.63. The summed E-state index contributed by atoms with van der Waals surface area (Å²) >= 11 is 1.26. The molecule has 0 spiro atoms. The number of aromatic nitrogens is 1.